The van der Waals surface area contributed by atoms with E-state index in [0.29, 0.717) is 0 Å². The second-order valence-electron chi connectivity index (χ2n) is 4.53. The van der Waals surface area contributed by atoms with Crippen LogP contribution in [0.15, 0.2) is 0 Å². The van der Waals surface area contributed by atoms with E-state index in [0.717, 1.165) is 25.9 Å². The molecule has 1 saturated heterocycles. The Morgan fingerprint density at radius 2 is 1.93 bits per heavy atom. The molecule has 1 aliphatic rings. The van der Waals surface area contributed by atoms with E-state index >= 15 is 0 Å². The molecule has 1 fully saturated rings. The van der Waals surface area contributed by atoms with Gasteiger partial charge in [-0.25, -0.2) is 4.79 Å². The predicted molar refractivity (Wildman–Crippen MR) is 59.7 cm³/mol. The summed E-state index contributed by atoms with van der Waals surface area (Å²) in [6, 6.07) is -0.151. The van der Waals surface area contributed by atoms with Crippen LogP contribution in [0, 0.1) is 5.92 Å². The second kappa shape index (κ2) is 5.95. The Hall–Kier alpha value is -0.770. The average Bonchev–Trinajstić information content (AvgIpc) is 2.26. The molecule has 4 heteroatoms. The molecule has 2 amide bonds. The monoisotopic (exact) mass is 214 g/mol. The van der Waals surface area contributed by atoms with Gasteiger partial charge in [-0.2, -0.15) is 0 Å². The van der Waals surface area contributed by atoms with Crippen LogP contribution in [0.3, 0.4) is 0 Å². The maximum Gasteiger partial charge on any atom is 0.317 e. The van der Waals surface area contributed by atoms with Crippen LogP contribution in [0.2, 0.25) is 0 Å². The summed E-state index contributed by atoms with van der Waals surface area (Å²) in [6.07, 6.45) is 3.41. The fraction of sp³-hybridized carbons (Fsp3) is 0.909. The summed E-state index contributed by atoms with van der Waals surface area (Å²) in [7, 11) is 0. The Kier molecular flexibility index (Phi) is 4.88. The molecule has 15 heavy (non-hydrogen) atoms. The Bertz CT molecular complexity index is 201. The van der Waals surface area contributed by atoms with Crippen LogP contribution < -0.4 is 5.32 Å². The largest absolute Gasteiger partial charge is 0.394 e. The number of amides is 2. The number of carbonyl (C=O) groups excluding carboxylic acids is 1. The number of hydrogen-bond donors (Lipinski definition) is 2. The van der Waals surface area contributed by atoms with Crippen LogP contribution >= 0.6 is 0 Å². The number of aliphatic hydroxyl groups is 1. The SMILES string of the molecule is CC(C)C(CO)NC(=O)N1CCCCC1. The fourth-order valence-electron chi connectivity index (χ4n) is 1.77. The van der Waals surface area contributed by atoms with E-state index in [2.05, 4.69) is 5.32 Å². The molecule has 0 aromatic carbocycles. The molecule has 1 unspecified atom stereocenters. The maximum absolute atomic E-state index is 11.8. The summed E-state index contributed by atoms with van der Waals surface area (Å²) >= 11 is 0. The zero-order chi connectivity index (χ0) is 11.3. The van der Waals surface area contributed by atoms with Crippen molar-refractivity contribution in [3.05, 3.63) is 0 Å². The lowest BCUT2D eigenvalue weighted by molar-refractivity contribution is 0.163. The van der Waals surface area contributed by atoms with Crippen LogP contribution in [0.5, 0.6) is 0 Å². The highest BCUT2D eigenvalue weighted by molar-refractivity contribution is 5.74. The van der Waals surface area contributed by atoms with Gasteiger partial charge in [-0.3, -0.25) is 0 Å². The molecule has 1 aliphatic heterocycles. The second-order valence-corrected chi connectivity index (χ2v) is 4.53. The van der Waals surface area contributed by atoms with Gasteiger partial charge in [0.25, 0.3) is 0 Å². The standard InChI is InChI=1S/C11H22N2O2/c1-9(2)10(8-14)12-11(15)13-6-4-3-5-7-13/h9-10,14H,3-8H2,1-2H3,(H,12,15). The molecule has 0 radical (unpaired) electrons. The van der Waals surface area contributed by atoms with Crippen molar-refractivity contribution in [3.63, 3.8) is 0 Å². The summed E-state index contributed by atoms with van der Waals surface area (Å²) in [5.74, 6) is 0.267. The molecule has 0 aromatic heterocycles. The number of piperidine rings is 1. The third-order valence-electron chi connectivity index (χ3n) is 2.95. The number of carbonyl (C=O) groups is 1. The quantitative estimate of drug-likeness (QED) is 0.741. The maximum atomic E-state index is 11.8. The highest BCUT2D eigenvalue weighted by Crippen LogP contribution is 2.09. The molecule has 0 aromatic rings. The zero-order valence-electron chi connectivity index (χ0n) is 9.70. The zero-order valence-corrected chi connectivity index (χ0v) is 9.70. The molecular weight excluding hydrogens is 192 g/mol. The summed E-state index contributed by atoms with van der Waals surface area (Å²) in [4.78, 5) is 13.6. The Morgan fingerprint density at radius 1 is 1.33 bits per heavy atom. The van der Waals surface area contributed by atoms with Crippen molar-refractivity contribution in [2.45, 2.75) is 39.2 Å². The van der Waals surface area contributed by atoms with Crippen molar-refractivity contribution in [2.75, 3.05) is 19.7 Å². The van der Waals surface area contributed by atoms with Gasteiger partial charge in [-0.05, 0) is 25.2 Å². The number of urea groups is 1. The van der Waals surface area contributed by atoms with Gasteiger partial charge in [0.1, 0.15) is 0 Å². The molecule has 0 aliphatic carbocycles. The van der Waals surface area contributed by atoms with E-state index in [1.165, 1.54) is 6.42 Å². The average molecular weight is 214 g/mol. The topological polar surface area (TPSA) is 52.6 Å². The van der Waals surface area contributed by atoms with Crippen molar-refractivity contribution < 1.29 is 9.90 Å². The van der Waals surface area contributed by atoms with Gasteiger partial charge in [0.2, 0.25) is 0 Å². The van der Waals surface area contributed by atoms with Crippen LogP contribution in [-0.2, 0) is 0 Å². The van der Waals surface area contributed by atoms with Crippen LogP contribution in [-0.4, -0.2) is 41.8 Å². The summed E-state index contributed by atoms with van der Waals surface area (Å²) < 4.78 is 0. The normalized spacial score (nSPS) is 19.1. The summed E-state index contributed by atoms with van der Waals surface area (Å²) in [6.45, 7) is 5.70. The Labute approximate surface area is 91.6 Å². The first-order valence-electron chi connectivity index (χ1n) is 5.81. The minimum absolute atomic E-state index is 0.0112. The number of rotatable bonds is 3. The van der Waals surface area contributed by atoms with E-state index < -0.39 is 0 Å². The highest BCUT2D eigenvalue weighted by Gasteiger charge is 2.20. The number of likely N-dealkylation sites (tertiary alicyclic amines) is 1. The first-order valence-corrected chi connectivity index (χ1v) is 5.81. The number of aliphatic hydroxyl groups excluding tert-OH is 1. The van der Waals surface area contributed by atoms with Gasteiger partial charge in [0, 0.05) is 13.1 Å². The molecule has 0 bridgehead atoms. The van der Waals surface area contributed by atoms with Gasteiger partial charge in [0.15, 0.2) is 0 Å². The fourth-order valence-corrected chi connectivity index (χ4v) is 1.77. The van der Waals surface area contributed by atoms with Crippen molar-refractivity contribution in [2.24, 2.45) is 5.92 Å². The van der Waals surface area contributed by atoms with Crippen molar-refractivity contribution >= 4 is 6.03 Å². The predicted octanol–water partition coefficient (Wildman–Crippen LogP) is 1.20. The molecule has 1 heterocycles. The van der Waals surface area contributed by atoms with Gasteiger partial charge in [0.05, 0.1) is 12.6 Å². The summed E-state index contributed by atoms with van der Waals surface area (Å²) in [5.41, 5.74) is 0. The van der Waals surface area contributed by atoms with Crippen LogP contribution in [0.4, 0.5) is 4.79 Å². The molecule has 88 valence electrons. The van der Waals surface area contributed by atoms with Crippen LogP contribution in [0.1, 0.15) is 33.1 Å². The van der Waals surface area contributed by atoms with E-state index in [1.54, 1.807) is 0 Å². The molecule has 2 N–H and O–H groups in total. The molecular formula is C11H22N2O2. The minimum Gasteiger partial charge on any atom is -0.394 e. The lowest BCUT2D eigenvalue weighted by Gasteiger charge is -2.29. The van der Waals surface area contributed by atoms with Gasteiger partial charge < -0.3 is 15.3 Å². The molecule has 0 spiro atoms. The van der Waals surface area contributed by atoms with E-state index in [9.17, 15) is 4.79 Å². The first-order chi connectivity index (χ1) is 7.15. The minimum atomic E-state index is -0.126. The van der Waals surface area contributed by atoms with E-state index in [4.69, 9.17) is 5.11 Å². The third-order valence-corrected chi connectivity index (χ3v) is 2.95. The van der Waals surface area contributed by atoms with Crippen molar-refractivity contribution in [1.29, 1.82) is 0 Å². The van der Waals surface area contributed by atoms with Crippen molar-refractivity contribution in [1.82, 2.24) is 10.2 Å². The Balaban J connectivity index is 2.38. The highest BCUT2D eigenvalue weighted by atomic mass is 16.3. The third kappa shape index (κ3) is 3.70. The molecule has 1 rings (SSSR count). The smallest absolute Gasteiger partial charge is 0.317 e. The number of hydrogen-bond acceptors (Lipinski definition) is 2. The van der Waals surface area contributed by atoms with Gasteiger partial charge in [-0.15, -0.1) is 0 Å². The van der Waals surface area contributed by atoms with Gasteiger partial charge in [-0.1, -0.05) is 13.8 Å². The number of nitrogens with zero attached hydrogens (tertiary/aromatic N) is 1. The first kappa shape index (κ1) is 12.3. The van der Waals surface area contributed by atoms with E-state index in [1.807, 2.05) is 18.7 Å². The molecule has 0 saturated carbocycles. The number of nitrogens with one attached hydrogen (secondary N) is 1. The molecule has 1 atom stereocenters. The Morgan fingerprint density at radius 3 is 2.40 bits per heavy atom. The van der Waals surface area contributed by atoms with E-state index in [-0.39, 0.29) is 24.6 Å². The van der Waals surface area contributed by atoms with Crippen LogP contribution in [0.25, 0.3) is 0 Å². The molecule has 4 nitrogen and oxygen atoms in total. The lowest BCUT2D eigenvalue weighted by Crippen LogP contribution is -2.49. The van der Waals surface area contributed by atoms with Crippen molar-refractivity contribution in [3.8, 4) is 0 Å². The lowest BCUT2D eigenvalue weighted by atomic mass is 10.1. The van der Waals surface area contributed by atoms with Gasteiger partial charge >= 0.3 is 6.03 Å². The summed E-state index contributed by atoms with van der Waals surface area (Å²) in [5, 5.41) is 12.0.